The van der Waals surface area contributed by atoms with Gasteiger partial charge in [-0.2, -0.15) is 34.8 Å². The van der Waals surface area contributed by atoms with Gasteiger partial charge in [0, 0.05) is 0 Å². The van der Waals surface area contributed by atoms with Crippen LogP contribution in [0.15, 0.2) is 48.5 Å². The lowest BCUT2D eigenvalue weighted by Gasteiger charge is -2.39. The number of carbonyl (C=O) groups is 1. The Kier molecular flexibility index (Phi) is 7.81. The van der Waals surface area contributed by atoms with E-state index in [1.807, 2.05) is 0 Å². The fourth-order valence-electron chi connectivity index (χ4n) is 4.48. The molecule has 1 N–H and O–H groups in total. The number of alkyl halides is 6. The molecule has 2 aromatic rings. The highest BCUT2D eigenvalue weighted by molar-refractivity contribution is 7.86. The fraction of sp³-hybridized carbons (Fsp3) is 0.458. The molecule has 1 fully saturated rings. The van der Waals surface area contributed by atoms with E-state index in [0.29, 0.717) is 17.7 Å². The second-order valence-electron chi connectivity index (χ2n) is 8.98. The number of halogens is 6. The maximum absolute atomic E-state index is 13.5. The molecule has 198 valence electrons. The third kappa shape index (κ3) is 6.58. The standard InChI is InChI=1S/C24H25F6NO4S/c1-15(16-12-18(23(25,26)27)14-19(13-16)24(28,29)30)31-21(32)22(17-6-4-3-5-7-17)10-8-20(9-11-22)35-36(2,33)34/h3-7,12-15,20H,8-11H2,1-2H3,(H,31,32). The van der Waals surface area contributed by atoms with Gasteiger partial charge in [-0.1, -0.05) is 30.3 Å². The van der Waals surface area contributed by atoms with Gasteiger partial charge < -0.3 is 5.32 Å². The second kappa shape index (κ2) is 10.0. The molecule has 0 heterocycles. The molecule has 0 radical (unpaired) electrons. The first kappa shape index (κ1) is 28.0. The van der Waals surface area contributed by atoms with E-state index in [0.717, 1.165) is 6.26 Å². The number of rotatable bonds is 6. The van der Waals surface area contributed by atoms with Crippen LogP contribution in [-0.2, 0) is 36.9 Å². The van der Waals surface area contributed by atoms with Gasteiger partial charge in [0.25, 0.3) is 10.1 Å². The van der Waals surface area contributed by atoms with Crippen LogP contribution in [0.3, 0.4) is 0 Å². The summed E-state index contributed by atoms with van der Waals surface area (Å²) in [6.45, 7) is 1.31. The van der Waals surface area contributed by atoms with Crippen molar-refractivity contribution < 1.29 is 43.7 Å². The predicted molar refractivity (Wildman–Crippen MR) is 119 cm³/mol. The Morgan fingerprint density at radius 3 is 1.92 bits per heavy atom. The normalized spacial score (nSPS) is 22.2. The Bertz CT molecular complexity index is 1160. The average Bonchev–Trinajstić information content (AvgIpc) is 2.77. The zero-order chi connectivity index (χ0) is 26.9. The molecule has 1 aliphatic carbocycles. The summed E-state index contributed by atoms with van der Waals surface area (Å²) in [4.78, 5) is 13.5. The van der Waals surface area contributed by atoms with Gasteiger partial charge in [0.05, 0.1) is 34.9 Å². The molecule has 0 aliphatic heterocycles. The maximum Gasteiger partial charge on any atom is 0.416 e. The van der Waals surface area contributed by atoms with E-state index in [4.69, 9.17) is 4.18 Å². The Morgan fingerprint density at radius 1 is 0.972 bits per heavy atom. The number of amides is 1. The minimum Gasteiger partial charge on any atom is -0.349 e. The summed E-state index contributed by atoms with van der Waals surface area (Å²) < 4.78 is 108. The molecule has 5 nitrogen and oxygen atoms in total. The zero-order valence-corrected chi connectivity index (χ0v) is 20.2. The molecule has 1 unspecified atom stereocenters. The molecular formula is C24H25F6NO4S. The molecule has 3 rings (SSSR count). The van der Waals surface area contributed by atoms with Gasteiger partial charge in [-0.3, -0.25) is 8.98 Å². The Labute approximate surface area is 205 Å². The highest BCUT2D eigenvalue weighted by atomic mass is 32.2. The van der Waals surface area contributed by atoms with Crippen molar-refractivity contribution >= 4 is 16.0 Å². The summed E-state index contributed by atoms with van der Waals surface area (Å²) in [5.74, 6) is -0.579. The van der Waals surface area contributed by atoms with Gasteiger partial charge in [0.2, 0.25) is 5.91 Å². The molecule has 1 saturated carbocycles. The van der Waals surface area contributed by atoms with E-state index in [-0.39, 0.29) is 37.3 Å². The average molecular weight is 538 g/mol. The molecule has 36 heavy (non-hydrogen) atoms. The Hall–Kier alpha value is -2.60. The number of hydrogen-bond donors (Lipinski definition) is 1. The van der Waals surface area contributed by atoms with Gasteiger partial charge in [0.15, 0.2) is 0 Å². The molecule has 2 aromatic carbocycles. The largest absolute Gasteiger partial charge is 0.416 e. The van der Waals surface area contributed by atoms with Crippen LogP contribution in [0.4, 0.5) is 26.3 Å². The van der Waals surface area contributed by atoms with Crippen molar-refractivity contribution in [3.05, 3.63) is 70.8 Å². The molecular weight excluding hydrogens is 512 g/mol. The van der Waals surface area contributed by atoms with E-state index in [2.05, 4.69) is 5.32 Å². The number of benzene rings is 2. The molecule has 1 amide bonds. The molecule has 0 aromatic heterocycles. The predicted octanol–water partition coefficient (Wildman–Crippen LogP) is 5.76. The smallest absolute Gasteiger partial charge is 0.349 e. The van der Waals surface area contributed by atoms with Gasteiger partial charge in [0.1, 0.15) is 0 Å². The summed E-state index contributed by atoms with van der Waals surface area (Å²) >= 11 is 0. The first-order chi connectivity index (χ1) is 16.5. The first-order valence-electron chi connectivity index (χ1n) is 11.1. The third-order valence-electron chi connectivity index (χ3n) is 6.32. The summed E-state index contributed by atoms with van der Waals surface area (Å²) in [7, 11) is -3.72. The van der Waals surface area contributed by atoms with Crippen LogP contribution in [0.1, 0.15) is 60.9 Å². The number of hydrogen-bond acceptors (Lipinski definition) is 4. The van der Waals surface area contributed by atoms with Crippen molar-refractivity contribution in [1.29, 1.82) is 0 Å². The van der Waals surface area contributed by atoms with Gasteiger partial charge in [-0.25, -0.2) is 0 Å². The number of nitrogens with one attached hydrogen (secondary N) is 1. The van der Waals surface area contributed by atoms with Crippen LogP contribution in [-0.4, -0.2) is 26.7 Å². The molecule has 1 aliphatic rings. The lowest BCUT2D eigenvalue weighted by molar-refractivity contribution is -0.143. The van der Waals surface area contributed by atoms with E-state index in [1.54, 1.807) is 30.3 Å². The van der Waals surface area contributed by atoms with E-state index < -0.39 is 57.1 Å². The quantitative estimate of drug-likeness (QED) is 0.376. The Balaban J connectivity index is 1.92. The summed E-state index contributed by atoms with van der Waals surface area (Å²) in [5.41, 5.74) is -3.84. The summed E-state index contributed by atoms with van der Waals surface area (Å²) in [5, 5.41) is 2.59. The lowest BCUT2D eigenvalue weighted by atomic mass is 9.68. The molecule has 1 atom stereocenters. The highest BCUT2D eigenvalue weighted by Crippen LogP contribution is 2.42. The second-order valence-corrected chi connectivity index (χ2v) is 10.6. The minimum absolute atomic E-state index is 0.0343. The Morgan fingerprint density at radius 2 is 1.47 bits per heavy atom. The van der Waals surface area contributed by atoms with E-state index in [9.17, 15) is 39.6 Å². The van der Waals surface area contributed by atoms with Crippen molar-refractivity contribution in [2.75, 3.05) is 6.26 Å². The van der Waals surface area contributed by atoms with Crippen LogP contribution < -0.4 is 5.32 Å². The van der Waals surface area contributed by atoms with Gasteiger partial charge in [-0.15, -0.1) is 0 Å². The van der Waals surface area contributed by atoms with Crippen LogP contribution in [0, 0.1) is 0 Å². The zero-order valence-electron chi connectivity index (χ0n) is 19.4. The van der Waals surface area contributed by atoms with Crippen LogP contribution >= 0.6 is 0 Å². The topological polar surface area (TPSA) is 72.5 Å². The van der Waals surface area contributed by atoms with Crippen LogP contribution in [0.2, 0.25) is 0 Å². The van der Waals surface area contributed by atoms with Crippen molar-refractivity contribution in [2.45, 2.75) is 62.5 Å². The van der Waals surface area contributed by atoms with Crippen LogP contribution in [0.5, 0.6) is 0 Å². The van der Waals surface area contributed by atoms with Crippen molar-refractivity contribution in [3.8, 4) is 0 Å². The van der Waals surface area contributed by atoms with E-state index in [1.165, 1.54) is 6.92 Å². The van der Waals surface area contributed by atoms with Gasteiger partial charge >= 0.3 is 12.4 Å². The van der Waals surface area contributed by atoms with Gasteiger partial charge in [-0.05, 0) is 61.9 Å². The lowest BCUT2D eigenvalue weighted by Crippen LogP contribution is -2.48. The SMILES string of the molecule is CC(NC(=O)C1(c2ccccc2)CCC(OS(C)(=O)=O)CC1)c1cc(C(F)(F)F)cc(C(F)(F)F)c1. The molecule has 0 bridgehead atoms. The van der Waals surface area contributed by atoms with Crippen molar-refractivity contribution in [3.63, 3.8) is 0 Å². The van der Waals surface area contributed by atoms with Crippen LogP contribution in [0.25, 0.3) is 0 Å². The summed E-state index contributed by atoms with van der Waals surface area (Å²) in [6, 6.07) is 8.58. The highest BCUT2D eigenvalue weighted by Gasteiger charge is 2.45. The van der Waals surface area contributed by atoms with Crippen molar-refractivity contribution in [2.24, 2.45) is 0 Å². The van der Waals surface area contributed by atoms with Crippen molar-refractivity contribution in [1.82, 2.24) is 5.32 Å². The van der Waals surface area contributed by atoms with E-state index >= 15 is 0 Å². The minimum atomic E-state index is -5.01. The first-order valence-corrected chi connectivity index (χ1v) is 12.9. The monoisotopic (exact) mass is 537 g/mol. The third-order valence-corrected chi connectivity index (χ3v) is 6.94. The molecule has 12 heteroatoms. The summed E-state index contributed by atoms with van der Waals surface area (Å²) in [6.07, 6.45) is -8.97. The number of carbonyl (C=O) groups excluding carboxylic acids is 1. The fourth-order valence-corrected chi connectivity index (χ4v) is 5.17. The maximum atomic E-state index is 13.5. The molecule has 0 saturated heterocycles. The molecule has 0 spiro atoms.